The van der Waals surface area contributed by atoms with Crippen LogP contribution in [0, 0.1) is 0 Å². The number of benzene rings is 2. The van der Waals surface area contributed by atoms with E-state index in [0.717, 1.165) is 30.0 Å². The van der Waals surface area contributed by atoms with Crippen molar-refractivity contribution in [3.05, 3.63) is 53.6 Å². The summed E-state index contributed by atoms with van der Waals surface area (Å²) in [7, 11) is 1.64. The van der Waals surface area contributed by atoms with E-state index in [1.807, 2.05) is 24.3 Å². The third-order valence-electron chi connectivity index (χ3n) is 4.01. The van der Waals surface area contributed by atoms with Gasteiger partial charge in [-0.05, 0) is 36.1 Å². The van der Waals surface area contributed by atoms with E-state index in [-0.39, 0.29) is 5.91 Å². The molecule has 0 saturated carbocycles. The largest absolute Gasteiger partial charge is 0.497 e. The minimum absolute atomic E-state index is 0.0287. The van der Waals surface area contributed by atoms with Crippen molar-refractivity contribution < 1.29 is 9.53 Å². The molecule has 0 unspecified atom stereocenters. The van der Waals surface area contributed by atoms with E-state index in [2.05, 4.69) is 42.7 Å². The average Bonchev–Trinajstić information content (AvgIpc) is 2.62. The second-order valence-electron chi connectivity index (χ2n) is 5.62. The number of hydrogen-bond donors (Lipinski definition) is 2. The summed E-state index contributed by atoms with van der Waals surface area (Å²) in [6.07, 6.45) is 2.23. The van der Waals surface area contributed by atoms with E-state index in [0.29, 0.717) is 13.0 Å². The van der Waals surface area contributed by atoms with E-state index in [1.54, 1.807) is 7.11 Å². The van der Waals surface area contributed by atoms with Gasteiger partial charge in [0.1, 0.15) is 5.75 Å². The Morgan fingerprint density at radius 1 is 1.04 bits per heavy atom. The molecule has 0 atom stereocenters. The van der Waals surface area contributed by atoms with Crippen LogP contribution in [-0.4, -0.2) is 19.6 Å². The first-order valence-corrected chi connectivity index (χ1v) is 8.46. The monoisotopic (exact) mass is 326 g/mol. The lowest BCUT2D eigenvalue weighted by atomic mass is 10.0. The van der Waals surface area contributed by atoms with Gasteiger partial charge in [-0.3, -0.25) is 4.79 Å². The Morgan fingerprint density at radius 3 is 2.33 bits per heavy atom. The fourth-order valence-corrected chi connectivity index (χ4v) is 2.66. The van der Waals surface area contributed by atoms with E-state index >= 15 is 0 Å². The van der Waals surface area contributed by atoms with Crippen LogP contribution < -0.4 is 15.4 Å². The summed E-state index contributed by atoms with van der Waals surface area (Å²) < 4.78 is 5.19. The van der Waals surface area contributed by atoms with Gasteiger partial charge in [-0.2, -0.15) is 0 Å². The molecule has 0 fully saturated rings. The first kappa shape index (κ1) is 17.9. The van der Waals surface area contributed by atoms with Crippen LogP contribution in [0.5, 0.6) is 5.75 Å². The number of aryl methyl sites for hydroxylation is 2. The molecule has 2 aromatic carbocycles. The number of para-hydroxylation sites is 1. The van der Waals surface area contributed by atoms with Gasteiger partial charge in [0.05, 0.1) is 7.11 Å². The molecule has 0 saturated heterocycles. The van der Waals surface area contributed by atoms with E-state index in [1.165, 1.54) is 11.1 Å². The van der Waals surface area contributed by atoms with Crippen LogP contribution in [0.25, 0.3) is 0 Å². The van der Waals surface area contributed by atoms with Crippen LogP contribution in [0.3, 0.4) is 0 Å². The first-order chi connectivity index (χ1) is 11.7. The van der Waals surface area contributed by atoms with Crippen LogP contribution in [0.1, 0.15) is 31.4 Å². The van der Waals surface area contributed by atoms with Gasteiger partial charge in [-0.1, -0.05) is 38.1 Å². The standard InChI is InChI=1S/C20H26N2O2/c1-4-15-8-6-9-16(5-2)20(15)22-19(23)12-13-21-17-10-7-11-18(14-17)24-3/h6-11,14,21H,4-5,12-13H2,1-3H3,(H,22,23). The fourth-order valence-electron chi connectivity index (χ4n) is 2.66. The van der Waals surface area contributed by atoms with Gasteiger partial charge in [0.25, 0.3) is 0 Å². The maximum Gasteiger partial charge on any atom is 0.226 e. The number of methoxy groups -OCH3 is 1. The average molecular weight is 326 g/mol. The minimum atomic E-state index is 0.0287. The third kappa shape index (κ3) is 4.75. The molecule has 4 nitrogen and oxygen atoms in total. The molecular formula is C20H26N2O2. The van der Waals surface area contributed by atoms with Crippen molar-refractivity contribution in [2.75, 3.05) is 24.3 Å². The second-order valence-corrected chi connectivity index (χ2v) is 5.62. The second kappa shape index (κ2) is 8.96. The van der Waals surface area contributed by atoms with Crippen LogP contribution >= 0.6 is 0 Å². The summed E-state index contributed by atoms with van der Waals surface area (Å²) >= 11 is 0. The van der Waals surface area contributed by atoms with Gasteiger partial charge in [-0.15, -0.1) is 0 Å². The Kier molecular flexibility index (Phi) is 6.67. The molecule has 0 heterocycles. The van der Waals surface area contributed by atoms with Crippen molar-refractivity contribution in [2.45, 2.75) is 33.1 Å². The zero-order valence-electron chi connectivity index (χ0n) is 14.7. The topological polar surface area (TPSA) is 50.4 Å². The Balaban J connectivity index is 1.92. The summed E-state index contributed by atoms with van der Waals surface area (Å²) in [6, 6.07) is 13.9. The number of ether oxygens (including phenoxy) is 1. The van der Waals surface area contributed by atoms with Crippen LogP contribution in [0.4, 0.5) is 11.4 Å². The number of anilines is 2. The third-order valence-corrected chi connectivity index (χ3v) is 4.01. The normalized spacial score (nSPS) is 10.3. The number of hydrogen-bond acceptors (Lipinski definition) is 3. The Bertz CT molecular complexity index is 661. The Hall–Kier alpha value is -2.49. The van der Waals surface area contributed by atoms with E-state index in [4.69, 9.17) is 4.74 Å². The van der Waals surface area contributed by atoms with Crippen molar-refractivity contribution >= 4 is 17.3 Å². The summed E-state index contributed by atoms with van der Waals surface area (Å²) in [5.74, 6) is 0.829. The number of nitrogens with one attached hydrogen (secondary N) is 2. The maximum absolute atomic E-state index is 12.3. The summed E-state index contributed by atoms with van der Waals surface area (Å²) in [6.45, 7) is 4.79. The van der Waals surface area contributed by atoms with Gasteiger partial charge in [0, 0.05) is 30.4 Å². The molecule has 0 radical (unpaired) electrons. The highest BCUT2D eigenvalue weighted by Crippen LogP contribution is 2.23. The number of rotatable bonds is 8. The van der Waals surface area contributed by atoms with Crippen molar-refractivity contribution in [3.63, 3.8) is 0 Å². The molecule has 0 spiro atoms. The molecule has 0 aliphatic rings. The molecular weight excluding hydrogens is 300 g/mol. The summed E-state index contributed by atoms with van der Waals surface area (Å²) in [4.78, 5) is 12.3. The fraction of sp³-hybridized carbons (Fsp3) is 0.350. The molecule has 128 valence electrons. The van der Waals surface area contributed by atoms with Gasteiger partial charge in [0.2, 0.25) is 5.91 Å². The van der Waals surface area contributed by atoms with Gasteiger partial charge >= 0.3 is 0 Å². The van der Waals surface area contributed by atoms with Gasteiger partial charge in [-0.25, -0.2) is 0 Å². The molecule has 2 rings (SSSR count). The molecule has 0 aliphatic carbocycles. The van der Waals surface area contributed by atoms with Gasteiger partial charge in [0.15, 0.2) is 0 Å². The lowest BCUT2D eigenvalue weighted by Crippen LogP contribution is -2.18. The lowest BCUT2D eigenvalue weighted by Gasteiger charge is -2.14. The molecule has 0 aromatic heterocycles. The highest BCUT2D eigenvalue weighted by molar-refractivity contribution is 5.92. The quantitative estimate of drug-likeness (QED) is 0.762. The number of amides is 1. The number of carbonyl (C=O) groups is 1. The first-order valence-electron chi connectivity index (χ1n) is 8.46. The molecule has 24 heavy (non-hydrogen) atoms. The van der Waals surface area contributed by atoms with Crippen molar-refractivity contribution in [1.82, 2.24) is 0 Å². The zero-order chi connectivity index (χ0) is 17.4. The molecule has 2 N–H and O–H groups in total. The zero-order valence-corrected chi connectivity index (χ0v) is 14.7. The molecule has 2 aromatic rings. The maximum atomic E-state index is 12.3. The number of carbonyl (C=O) groups excluding carboxylic acids is 1. The molecule has 0 aliphatic heterocycles. The minimum Gasteiger partial charge on any atom is -0.497 e. The molecule has 4 heteroatoms. The van der Waals surface area contributed by atoms with Crippen LogP contribution in [0.15, 0.2) is 42.5 Å². The van der Waals surface area contributed by atoms with E-state index in [9.17, 15) is 4.79 Å². The van der Waals surface area contributed by atoms with Crippen molar-refractivity contribution in [1.29, 1.82) is 0 Å². The Morgan fingerprint density at radius 2 is 1.71 bits per heavy atom. The van der Waals surface area contributed by atoms with Gasteiger partial charge < -0.3 is 15.4 Å². The summed E-state index contributed by atoms with van der Waals surface area (Å²) in [5.41, 5.74) is 4.30. The SMILES string of the molecule is CCc1cccc(CC)c1NC(=O)CCNc1cccc(OC)c1. The highest BCUT2D eigenvalue weighted by Gasteiger charge is 2.09. The van der Waals surface area contributed by atoms with Crippen molar-refractivity contribution in [2.24, 2.45) is 0 Å². The smallest absolute Gasteiger partial charge is 0.226 e. The lowest BCUT2D eigenvalue weighted by molar-refractivity contribution is -0.115. The highest BCUT2D eigenvalue weighted by atomic mass is 16.5. The predicted octanol–water partition coefficient (Wildman–Crippen LogP) is 4.26. The Labute approximate surface area is 144 Å². The van der Waals surface area contributed by atoms with Crippen LogP contribution in [-0.2, 0) is 17.6 Å². The summed E-state index contributed by atoms with van der Waals surface area (Å²) in [5, 5.41) is 6.34. The molecule has 1 amide bonds. The predicted molar refractivity (Wildman–Crippen MR) is 99.9 cm³/mol. The molecule has 0 bridgehead atoms. The van der Waals surface area contributed by atoms with Crippen molar-refractivity contribution in [3.8, 4) is 5.75 Å². The van der Waals surface area contributed by atoms with E-state index < -0.39 is 0 Å². The van der Waals surface area contributed by atoms with Crippen LogP contribution in [0.2, 0.25) is 0 Å².